The zero-order valence-corrected chi connectivity index (χ0v) is 18.2. The van der Waals surface area contributed by atoms with Gasteiger partial charge in [0.15, 0.2) is 0 Å². The van der Waals surface area contributed by atoms with E-state index in [9.17, 15) is 18.0 Å². The van der Waals surface area contributed by atoms with Crippen LogP contribution in [0.25, 0.3) is 20.8 Å². The van der Waals surface area contributed by atoms with E-state index in [0.29, 0.717) is 15.5 Å². The topological polar surface area (TPSA) is 54.4 Å². The van der Waals surface area contributed by atoms with Crippen molar-refractivity contribution in [3.05, 3.63) is 74.4 Å². The highest BCUT2D eigenvalue weighted by Gasteiger charge is 2.36. The van der Waals surface area contributed by atoms with Crippen molar-refractivity contribution in [2.75, 3.05) is 0 Å². The number of halogens is 4. The van der Waals surface area contributed by atoms with Crippen LogP contribution in [0.15, 0.2) is 52.9 Å². The van der Waals surface area contributed by atoms with Gasteiger partial charge in [0.1, 0.15) is 4.83 Å². The summed E-state index contributed by atoms with van der Waals surface area (Å²) in [5.74, 6) is -0.607. The van der Waals surface area contributed by atoms with Crippen molar-refractivity contribution in [3.63, 3.8) is 0 Å². The van der Waals surface area contributed by atoms with E-state index in [4.69, 9.17) is 11.6 Å². The molecule has 0 fully saturated rings. The summed E-state index contributed by atoms with van der Waals surface area (Å²) >= 11 is 8.11. The lowest BCUT2D eigenvalue weighted by Crippen LogP contribution is -2.17. The minimum absolute atomic E-state index is 0.0678. The summed E-state index contributed by atoms with van der Waals surface area (Å²) in [5, 5.41) is 6.10. The predicted molar refractivity (Wildman–Crippen MR) is 119 cm³/mol. The Morgan fingerprint density at radius 3 is 2.71 bits per heavy atom. The molecule has 0 saturated heterocycles. The summed E-state index contributed by atoms with van der Waals surface area (Å²) in [4.78, 5) is 17.9. The molecule has 0 aliphatic carbocycles. The Hall–Kier alpha value is -2.75. The van der Waals surface area contributed by atoms with E-state index in [1.54, 1.807) is 41.8 Å². The van der Waals surface area contributed by atoms with Crippen molar-refractivity contribution in [2.45, 2.75) is 13.1 Å². The molecule has 3 heterocycles. The van der Waals surface area contributed by atoms with Crippen LogP contribution in [-0.4, -0.2) is 17.1 Å². The minimum Gasteiger partial charge on any atom is -0.266 e. The number of hydrogen-bond donors (Lipinski definition) is 1. The van der Waals surface area contributed by atoms with Gasteiger partial charge in [0.25, 0.3) is 5.91 Å². The lowest BCUT2D eigenvalue weighted by Gasteiger charge is -2.10. The molecule has 0 bridgehead atoms. The van der Waals surface area contributed by atoms with Gasteiger partial charge < -0.3 is 0 Å². The molecule has 0 saturated carbocycles. The molecule has 31 heavy (non-hydrogen) atoms. The molecule has 0 atom stereocenters. The number of nitrogens with zero attached hydrogens (tertiary/aromatic N) is 2. The zero-order chi connectivity index (χ0) is 22.2. The molecular formula is C21H13ClF3N3OS2. The Bertz CT molecular complexity index is 1300. The van der Waals surface area contributed by atoms with Crippen LogP contribution in [0.5, 0.6) is 0 Å². The Morgan fingerprint density at radius 2 is 2.03 bits per heavy atom. The summed E-state index contributed by atoms with van der Waals surface area (Å²) < 4.78 is 41.4. The van der Waals surface area contributed by atoms with E-state index in [1.807, 2.05) is 0 Å². The number of aryl methyl sites for hydroxylation is 1. The SMILES string of the molecule is Cc1c(C(=O)NN=Cc2cccc(Cl)c2)sc2nc(-c3cccs3)cc(C(F)(F)F)c12. The van der Waals surface area contributed by atoms with E-state index < -0.39 is 17.6 Å². The third-order valence-corrected chi connectivity index (χ3v) is 6.73. The minimum atomic E-state index is -4.59. The molecule has 158 valence electrons. The fourth-order valence-corrected chi connectivity index (χ4v) is 5.02. The summed E-state index contributed by atoms with van der Waals surface area (Å²) in [6, 6.07) is 11.3. The van der Waals surface area contributed by atoms with Crippen LogP contribution in [0.3, 0.4) is 0 Å². The number of hydrazone groups is 1. The van der Waals surface area contributed by atoms with Crippen LogP contribution in [0.4, 0.5) is 13.2 Å². The number of thiophene rings is 2. The smallest absolute Gasteiger partial charge is 0.266 e. The first kappa shape index (κ1) is 21.5. The van der Waals surface area contributed by atoms with Gasteiger partial charge in [-0.25, -0.2) is 10.4 Å². The second-order valence-corrected chi connectivity index (χ2v) is 8.90. The summed E-state index contributed by atoms with van der Waals surface area (Å²) in [6.45, 7) is 1.48. The van der Waals surface area contributed by atoms with Gasteiger partial charge in [0, 0.05) is 10.4 Å². The van der Waals surface area contributed by atoms with Crippen molar-refractivity contribution in [3.8, 4) is 10.6 Å². The third kappa shape index (κ3) is 4.48. The average Bonchev–Trinajstić information content (AvgIpc) is 3.35. The fourth-order valence-electron chi connectivity index (χ4n) is 3.04. The lowest BCUT2D eigenvalue weighted by atomic mass is 10.1. The predicted octanol–water partition coefficient (Wildman–Crippen LogP) is 6.77. The van der Waals surface area contributed by atoms with Gasteiger partial charge in [-0.05, 0) is 47.7 Å². The van der Waals surface area contributed by atoms with Crippen LogP contribution in [0, 0.1) is 6.92 Å². The number of hydrogen-bond acceptors (Lipinski definition) is 5. The number of aromatic nitrogens is 1. The quantitative estimate of drug-likeness (QED) is 0.259. The molecule has 4 rings (SSSR count). The summed E-state index contributed by atoms with van der Waals surface area (Å²) in [5.41, 5.74) is 2.66. The number of nitrogens with one attached hydrogen (secondary N) is 1. The van der Waals surface area contributed by atoms with Crippen molar-refractivity contribution in [1.82, 2.24) is 10.4 Å². The molecule has 10 heteroatoms. The van der Waals surface area contributed by atoms with Gasteiger partial charge in [-0.1, -0.05) is 29.8 Å². The fraction of sp³-hybridized carbons (Fsp3) is 0.0952. The van der Waals surface area contributed by atoms with Crippen LogP contribution in [0.2, 0.25) is 5.02 Å². The molecule has 4 aromatic rings. The van der Waals surface area contributed by atoms with E-state index in [1.165, 1.54) is 24.5 Å². The molecule has 0 spiro atoms. The monoisotopic (exact) mass is 479 g/mol. The number of carbonyl (C=O) groups is 1. The number of carbonyl (C=O) groups excluding carboxylic acids is 1. The molecule has 0 aliphatic heterocycles. The van der Waals surface area contributed by atoms with E-state index >= 15 is 0 Å². The first-order valence-corrected chi connectivity index (χ1v) is 11.0. The normalized spacial score (nSPS) is 12.0. The van der Waals surface area contributed by atoms with Gasteiger partial charge in [-0.2, -0.15) is 18.3 Å². The Labute approximate surface area is 188 Å². The number of alkyl halides is 3. The number of benzene rings is 1. The van der Waals surface area contributed by atoms with E-state index in [-0.39, 0.29) is 26.4 Å². The molecule has 1 aromatic carbocycles. The van der Waals surface area contributed by atoms with Crippen LogP contribution in [-0.2, 0) is 6.18 Å². The number of rotatable bonds is 4. The van der Waals surface area contributed by atoms with Crippen molar-refractivity contribution < 1.29 is 18.0 Å². The van der Waals surface area contributed by atoms with E-state index in [0.717, 1.165) is 17.4 Å². The maximum absolute atomic E-state index is 13.8. The second-order valence-electron chi connectivity index (χ2n) is 6.52. The maximum atomic E-state index is 13.8. The van der Waals surface area contributed by atoms with Gasteiger partial charge in [0.2, 0.25) is 0 Å². The van der Waals surface area contributed by atoms with Crippen LogP contribution >= 0.6 is 34.3 Å². The summed E-state index contributed by atoms with van der Waals surface area (Å²) in [6.07, 6.45) is -3.18. The number of pyridine rings is 1. The van der Waals surface area contributed by atoms with E-state index in [2.05, 4.69) is 15.5 Å². The Balaban J connectivity index is 1.72. The van der Waals surface area contributed by atoms with Gasteiger partial charge in [0.05, 0.1) is 27.2 Å². The molecular weight excluding hydrogens is 467 g/mol. The standard InChI is InChI=1S/C21H13ClF3N3OS2/c1-11-17-14(21(23,24)25)9-15(16-6-3-7-30-16)27-20(17)31-18(11)19(29)28-26-10-12-4-2-5-13(22)8-12/h2-10H,1H3,(H,28,29). The lowest BCUT2D eigenvalue weighted by molar-refractivity contribution is -0.136. The first-order valence-electron chi connectivity index (χ1n) is 8.88. The molecule has 1 amide bonds. The Kier molecular flexibility index (Phi) is 5.83. The highest BCUT2D eigenvalue weighted by molar-refractivity contribution is 7.20. The maximum Gasteiger partial charge on any atom is 0.417 e. The van der Waals surface area contributed by atoms with Crippen LogP contribution in [0.1, 0.15) is 26.4 Å². The molecule has 4 nitrogen and oxygen atoms in total. The average molecular weight is 480 g/mol. The van der Waals surface area contributed by atoms with Gasteiger partial charge >= 0.3 is 6.18 Å². The first-order chi connectivity index (χ1) is 14.7. The number of fused-ring (bicyclic) bond motifs is 1. The molecule has 3 aromatic heterocycles. The van der Waals surface area contributed by atoms with Crippen molar-refractivity contribution >= 4 is 56.6 Å². The van der Waals surface area contributed by atoms with Gasteiger partial charge in [-0.3, -0.25) is 4.79 Å². The van der Waals surface area contributed by atoms with Crippen molar-refractivity contribution in [2.24, 2.45) is 5.10 Å². The second kappa shape index (κ2) is 8.41. The van der Waals surface area contributed by atoms with Gasteiger partial charge in [-0.15, -0.1) is 22.7 Å². The largest absolute Gasteiger partial charge is 0.417 e. The molecule has 0 aliphatic rings. The molecule has 0 radical (unpaired) electrons. The number of amides is 1. The highest BCUT2D eigenvalue weighted by atomic mass is 35.5. The van der Waals surface area contributed by atoms with Crippen LogP contribution < -0.4 is 5.43 Å². The molecule has 0 unspecified atom stereocenters. The third-order valence-electron chi connectivity index (χ3n) is 4.41. The summed E-state index contributed by atoms with van der Waals surface area (Å²) in [7, 11) is 0. The zero-order valence-electron chi connectivity index (χ0n) is 15.8. The molecule has 1 N–H and O–H groups in total. The van der Waals surface area contributed by atoms with Crippen molar-refractivity contribution in [1.29, 1.82) is 0 Å². The Morgan fingerprint density at radius 1 is 1.23 bits per heavy atom. The highest BCUT2D eigenvalue weighted by Crippen LogP contribution is 2.42.